The van der Waals surface area contributed by atoms with E-state index in [1.165, 1.54) is 5.56 Å². The summed E-state index contributed by atoms with van der Waals surface area (Å²) in [5.74, 6) is 1.47. The van der Waals surface area contributed by atoms with Gasteiger partial charge >= 0.3 is 0 Å². The highest BCUT2D eigenvalue weighted by Crippen LogP contribution is 2.64. The third kappa shape index (κ3) is 1.32. The van der Waals surface area contributed by atoms with E-state index in [9.17, 15) is 9.90 Å². The van der Waals surface area contributed by atoms with Crippen LogP contribution in [0.3, 0.4) is 0 Å². The Hall–Kier alpha value is -1.59. The van der Waals surface area contributed by atoms with E-state index < -0.39 is 17.1 Å². The van der Waals surface area contributed by atoms with E-state index in [4.69, 9.17) is 9.47 Å². The van der Waals surface area contributed by atoms with Crippen LogP contribution in [0.1, 0.15) is 30.4 Å². The summed E-state index contributed by atoms with van der Waals surface area (Å²) in [5.41, 5.74) is 0.737. The molecule has 4 aliphatic rings. The fourth-order valence-electron chi connectivity index (χ4n) is 5.69. The van der Waals surface area contributed by atoms with Crippen molar-refractivity contribution >= 4 is 5.78 Å². The lowest BCUT2D eigenvalue weighted by Gasteiger charge is -2.62. The molecule has 1 saturated heterocycles. The molecule has 2 bridgehead atoms. The average Bonchev–Trinajstić information content (AvgIpc) is 2.90. The predicted molar refractivity (Wildman–Crippen MR) is 83.0 cm³/mol. The van der Waals surface area contributed by atoms with Gasteiger partial charge in [-0.15, -0.1) is 0 Å². The summed E-state index contributed by atoms with van der Waals surface area (Å²) in [7, 11) is 3.70. The van der Waals surface area contributed by atoms with Gasteiger partial charge in [-0.05, 0) is 44.5 Å². The molecule has 122 valence electrons. The number of carbonyl (C=O) groups excluding carboxylic acids is 1. The number of rotatable bonds is 1. The van der Waals surface area contributed by atoms with Gasteiger partial charge in [-0.1, -0.05) is 6.07 Å². The Kier molecular flexibility index (Phi) is 2.45. The number of piperidine rings is 1. The van der Waals surface area contributed by atoms with E-state index in [0.717, 1.165) is 24.9 Å². The number of hydrogen-bond acceptors (Lipinski definition) is 5. The van der Waals surface area contributed by atoms with E-state index in [-0.39, 0.29) is 11.8 Å². The number of aliphatic hydroxyl groups is 1. The van der Waals surface area contributed by atoms with Crippen LogP contribution in [0.15, 0.2) is 12.1 Å². The second kappa shape index (κ2) is 4.08. The van der Waals surface area contributed by atoms with Crippen molar-refractivity contribution < 1.29 is 19.4 Å². The number of hydrogen-bond donors (Lipinski definition) is 1. The van der Waals surface area contributed by atoms with Crippen LogP contribution in [0.5, 0.6) is 11.5 Å². The number of nitrogens with zero attached hydrogens (tertiary/aromatic N) is 1. The summed E-state index contributed by atoms with van der Waals surface area (Å²) >= 11 is 0. The van der Waals surface area contributed by atoms with Crippen molar-refractivity contribution in [2.45, 2.75) is 48.8 Å². The van der Waals surface area contributed by atoms with Gasteiger partial charge in [0.1, 0.15) is 0 Å². The first-order valence-electron chi connectivity index (χ1n) is 8.35. The second-order valence-electron chi connectivity index (χ2n) is 7.44. The monoisotopic (exact) mass is 315 g/mol. The zero-order valence-corrected chi connectivity index (χ0v) is 13.5. The maximum atomic E-state index is 12.7. The standard InChI is InChI=1S/C18H21NO4/c1-19-8-7-17-14-10-3-4-12(22-2)15(14)23-16(17)11(20)5-6-18(17,21)13(19)9-10/h3-4,13,16,21H,5-9H2,1-2H3/t13?,16?,17-,18?/m0/s1. The number of benzene rings is 1. The highest BCUT2D eigenvalue weighted by molar-refractivity contribution is 5.90. The lowest BCUT2D eigenvalue weighted by atomic mass is 9.49. The Morgan fingerprint density at radius 2 is 2.22 bits per heavy atom. The number of methoxy groups -OCH3 is 1. The first kappa shape index (κ1) is 13.8. The van der Waals surface area contributed by atoms with Crippen LogP contribution < -0.4 is 9.47 Å². The van der Waals surface area contributed by atoms with Crippen LogP contribution >= 0.6 is 0 Å². The first-order valence-corrected chi connectivity index (χ1v) is 8.35. The summed E-state index contributed by atoms with van der Waals surface area (Å²) in [4.78, 5) is 14.9. The molecular formula is C18H21NO4. The number of likely N-dealkylation sites (N-methyl/N-ethyl adjacent to an activating group) is 1. The van der Waals surface area contributed by atoms with Crippen LogP contribution in [0.4, 0.5) is 0 Å². The van der Waals surface area contributed by atoms with Gasteiger partial charge in [-0.2, -0.15) is 0 Å². The van der Waals surface area contributed by atoms with Crippen molar-refractivity contribution in [2.75, 3.05) is 20.7 Å². The number of Topliss-reactive ketones (excluding diaryl/α,β-unsaturated/α-hetero) is 1. The van der Waals surface area contributed by atoms with E-state index in [1.807, 2.05) is 6.07 Å². The van der Waals surface area contributed by atoms with Gasteiger partial charge < -0.3 is 19.5 Å². The molecule has 1 aromatic rings. The summed E-state index contributed by atoms with van der Waals surface area (Å²) in [6.07, 6.45) is 1.89. The van der Waals surface area contributed by atoms with E-state index in [2.05, 4.69) is 18.0 Å². The summed E-state index contributed by atoms with van der Waals surface area (Å²) < 4.78 is 11.6. The number of likely N-dealkylation sites (tertiary alicyclic amines) is 1. The molecule has 5 nitrogen and oxygen atoms in total. The molecule has 2 aliphatic carbocycles. The molecule has 0 aromatic heterocycles. The molecule has 0 amide bonds. The van der Waals surface area contributed by atoms with Gasteiger partial charge in [-0.25, -0.2) is 0 Å². The van der Waals surface area contributed by atoms with Crippen molar-refractivity contribution in [1.82, 2.24) is 4.90 Å². The molecular weight excluding hydrogens is 294 g/mol. The van der Waals surface area contributed by atoms with Gasteiger partial charge in [0.05, 0.1) is 18.1 Å². The Morgan fingerprint density at radius 3 is 3.00 bits per heavy atom. The fourth-order valence-corrected chi connectivity index (χ4v) is 5.69. The van der Waals surface area contributed by atoms with Crippen molar-refractivity contribution in [2.24, 2.45) is 0 Å². The molecule has 2 fully saturated rings. The van der Waals surface area contributed by atoms with Crippen LogP contribution in [0.2, 0.25) is 0 Å². The van der Waals surface area contributed by atoms with Crippen LogP contribution in [0, 0.1) is 0 Å². The SMILES string of the molecule is COc1ccc2c3c1OC1C(=O)CCC4(O)C(C2)N(C)CC[C@]314. The van der Waals surface area contributed by atoms with Crippen molar-refractivity contribution in [3.63, 3.8) is 0 Å². The Labute approximate surface area is 135 Å². The molecule has 1 aromatic carbocycles. The number of ketones is 1. The fraction of sp³-hybridized carbons (Fsp3) is 0.611. The van der Waals surface area contributed by atoms with Gasteiger partial charge in [0.15, 0.2) is 23.4 Å². The maximum Gasteiger partial charge on any atom is 0.174 e. The minimum atomic E-state index is -0.900. The Balaban J connectivity index is 1.86. The summed E-state index contributed by atoms with van der Waals surface area (Å²) in [6.45, 7) is 0.871. The molecule has 23 heavy (non-hydrogen) atoms. The number of ether oxygens (including phenoxy) is 2. The molecule has 1 saturated carbocycles. The van der Waals surface area contributed by atoms with E-state index >= 15 is 0 Å². The lowest BCUT2D eigenvalue weighted by Crippen LogP contribution is -2.76. The third-order valence-corrected chi connectivity index (χ3v) is 6.73. The molecule has 5 rings (SSSR count). The van der Waals surface area contributed by atoms with Gasteiger partial charge in [-0.3, -0.25) is 4.79 Å². The normalized spacial score (nSPS) is 40.6. The highest BCUT2D eigenvalue weighted by Gasteiger charge is 2.72. The van der Waals surface area contributed by atoms with Crippen molar-refractivity contribution in [3.8, 4) is 11.5 Å². The Morgan fingerprint density at radius 1 is 1.39 bits per heavy atom. The second-order valence-corrected chi connectivity index (χ2v) is 7.44. The Bertz CT molecular complexity index is 732. The molecule has 1 N–H and O–H groups in total. The minimum Gasteiger partial charge on any atom is -0.493 e. The zero-order chi connectivity index (χ0) is 16.0. The first-order chi connectivity index (χ1) is 11.0. The van der Waals surface area contributed by atoms with Gasteiger partial charge in [0, 0.05) is 18.0 Å². The average molecular weight is 315 g/mol. The van der Waals surface area contributed by atoms with Crippen molar-refractivity contribution in [1.29, 1.82) is 0 Å². The van der Waals surface area contributed by atoms with Crippen LogP contribution in [0.25, 0.3) is 0 Å². The molecule has 2 heterocycles. The quantitative estimate of drug-likeness (QED) is 0.839. The number of carbonyl (C=O) groups is 1. The predicted octanol–water partition coefficient (Wildman–Crippen LogP) is 1.05. The largest absolute Gasteiger partial charge is 0.493 e. The van der Waals surface area contributed by atoms with Crippen molar-refractivity contribution in [3.05, 3.63) is 23.3 Å². The smallest absolute Gasteiger partial charge is 0.174 e. The van der Waals surface area contributed by atoms with Gasteiger partial charge in [0.25, 0.3) is 0 Å². The van der Waals surface area contributed by atoms with E-state index in [1.54, 1.807) is 7.11 Å². The molecule has 3 unspecified atom stereocenters. The van der Waals surface area contributed by atoms with E-state index in [0.29, 0.717) is 24.3 Å². The topological polar surface area (TPSA) is 59.0 Å². The van der Waals surface area contributed by atoms with Gasteiger partial charge in [0.2, 0.25) is 0 Å². The molecule has 1 spiro atoms. The summed E-state index contributed by atoms with van der Waals surface area (Å²) in [5, 5.41) is 11.7. The van der Waals surface area contributed by atoms with Crippen LogP contribution in [-0.2, 0) is 16.6 Å². The molecule has 2 aliphatic heterocycles. The molecule has 0 radical (unpaired) electrons. The molecule has 5 heteroatoms. The highest BCUT2D eigenvalue weighted by atomic mass is 16.5. The summed E-state index contributed by atoms with van der Waals surface area (Å²) in [6, 6.07) is 4.05. The minimum absolute atomic E-state index is 0.0438. The zero-order valence-electron chi connectivity index (χ0n) is 13.5. The lowest BCUT2D eigenvalue weighted by molar-refractivity contribution is -0.185. The third-order valence-electron chi connectivity index (χ3n) is 6.73. The molecule has 4 atom stereocenters. The maximum absolute atomic E-state index is 12.7. The van der Waals surface area contributed by atoms with Crippen LogP contribution in [-0.4, -0.2) is 54.2 Å².